The molecule has 1 fully saturated rings. The first-order chi connectivity index (χ1) is 12.6. The number of carbonyl (C=O) groups is 2. The second-order valence-electron chi connectivity index (χ2n) is 6.48. The third-order valence-corrected chi connectivity index (χ3v) is 4.94. The molecule has 0 radical (unpaired) electrons. The molecule has 1 unspecified atom stereocenters. The van der Waals surface area contributed by atoms with Gasteiger partial charge in [-0.05, 0) is 55.8 Å². The summed E-state index contributed by atoms with van der Waals surface area (Å²) in [4.78, 5) is 26.8. The van der Waals surface area contributed by atoms with Crippen LogP contribution in [0, 0.1) is 5.92 Å². The van der Waals surface area contributed by atoms with Crippen LogP contribution in [-0.2, 0) is 9.59 Å². The number of carbonyl (C=O) groups excluding carboxylic acids is 2. The monoisotopic (exact) mass is 415 g/mol. The first kappa shape index (κ1) is 18.6. The molecule has 5 nitrogen and oxygen atoms in total. The van der Waals surface area contributed by atoms with E-state index < -0.39 is 0 Å². The van der Waals surface area contributed by atoms with Crippen LogP contribution in [-0.4, -0.2) is 36.3 Å². The number of piperidine rings is 1. The van der Waals surface area contributed by atoms with Crippen LogP contribution in [0.3, 0.4) is 0 Å². The van der Waals surface area contributed by atoms with Crippen molar-refractivity contribution >= 4 is 39.1 Å². The minimum atomic E-state index is -0.0931. The van der Waals surface area contributed by atoms with Gasteiger partial charge in [-0.1, -0.05) is 34.1 Å². The number of para-hydroxylation sites is 1. The van der Waals surface area contributed by atoms with E-state index >= 15 is 0 Å². The average Bonchev–Trinajstić information content (AvgIpc) is 2.64. The van der Waals surface area contributed by atoms with Gasteiger partial charge in [0.05, 0.1) is 12.5 Å². The summed E-state index contributed by atoms with van der Waals surface area (Å²) in [6, 6.07) is 17.0. The Labute approximate surface area is 161 Å². The highest BCUT2D eigenvalue weighted by molar-refractivity contribution is 9.10. The summed E-state index contributed by atoms with van der Waals surface area (Å²) in [5.74, 6) is -0.130. The molecule has 1 atom stereocenters. The number of nitrogens with zero attached hydrogens (tertiary/aromatic N) is 1. The Bertz CT molecular complexity index is 749. The van der Waals surface area contributed by atoms with Crippen LogP contribution < -0.4 is 10.6 Å². The van der Waals surface area contributed by atoms with Crippen LogP contribution in [0.15, 0.2) is 59.1 Å². The van der Waals surface area contributed by atoms with E-state index in [-0.39, 0.29) is 17.7 Å². The van der Waals surface area contributed by atoms with Gasteiger partial charge < -0.3 is 10.6 Å². The van der Waals surface area contributed by atoms with Gasteiger partial charge in [0.25, 0.3) is 0 Å². The maximum atomic E-state index is 12.5. The number of rotatable bonds is 5. The largest absolute Gasteiger partial charge is 0.326 e. The summed E-state index contributed by atoms with van der Waals surface area (Å²) >= 11 is 3.38. The highest BCUT2D eigenvalue weighted by Gasteiger charge is 2.26. The lowest BCUT2D eigenvalue weighted by Crippen LogP contribution is -2.43. The van der Waals surface area contributed by atoms with Gasteiger partial charge in [0.2, 0.25) is 11.8 Å². The SMILES string of the molecule is O=C(CN1CCCC(C(=O)Nc2ccccc2)C1)Nc1ccc(Br)cc1. The normalized spacial score (nSPS) is 17.5. The third-order valence-electron chi connectivity index (χ3n) is 4.41. The third kappa shape index (κ3) is 5.41. The first-order valence-corrected chi connectivity index (χ1v) is 9.53. The van der Waals surface area contributed by atoms with E-state index in [1.165, 1.54) is 0 Å². The number of likely N-dealkylation sites (tertiary alicyclic amines) is 1. The summed E-state index contributed by atoms with van der Waals surface area (Å²) in [5, 5.41) is 5.86. The molecule has 0 spiro atoms. The zero-order valence-electron chi connectivity index (χ0n) is 14.5. The fourth-order valence-electron chi connectivity index (χ4n) is 3.12. The molecule has 0 saturated carbocycles. The van der Waals surface area contributed by atoms with Crippen molar-refractivity contribution in [3.05, 3.63) is 59.1 Å². The minimum Gasteiger partial charge on any atom is -0.326 e. The molecule has 0 aliphatic carbocycles. The Morgan fingerprint density at radius 2 is 1.69 bits per heavy atom. The van der Waals surface area contributed by atoms with Gasteiger partial charge in [-0.2, -0.15) is 0 Å². The molecule has 2 aromatic rings. The Morgan fingerprint density at radius 1 is 1.00 bits per heavy atom. The molecule has 1 aliphatic rings. The fraction of sp³-hybridized carbons (Fsp3) is 0.300. The maximum absolute atomic E-state index is 12.5. The van der Waals surface area contributed by atoms with Crippen molar-refractivity contribution in [2.75, 3.05) is 30.3 Å². The molecule has 1 saturated heterocycles. The smallest absolute Gasteiger partial charge is 0.238 e. The van der Waals surface area contributed by atoms with E-state index in [0.717, 1.165) is 35.2 Å². The summed E-state index contributed by atoms with van der Waals surface area (Å²) in [5.41, 5.74) is 1.58. The molecule has 2 amide bonds. The van der Waals surface area contributed by atoms with Crippen LogP contribution in [0.25, 0.3) is 0 Å². The predicted octanol–water partition coefficient (Wildman–Crippen LogP) is 3.74. The van der Waals surface area contributed by atoms with Gasteiger partial charge in [0, 0.05) is 22.4 Å². The quantitative estimate of drug-likeness (QED) is 0.781. The highest BCUT2D eigenvalue weighted by Crippen LogP contribution is 2.19. The Morgan fingerprint density at radius 3 is 2.42 bits per heavy atom. The lowest BCUT2D eigenvalue weighted by Gasteiger charge is -2.31. The summed E-state index contributed by atoms with van der Waals surface area (Å²) < 4.78 is 0.971. The van der Waals surface area contributed by atoms with E-state index in [4.69, 9.17) is 0 Å². The summed E-state index contributed by atoms with van der Waals surface area (Å²) in [6.45, 7) is 1.74. The van der Waals surface area contributed by atoms with Crippen molar-refractivity contribution in [3.63, 3.8) is 0 Å². The predicted molar refractivity (Wildman–Crippen MR) is 107 cm³/mol. The van der Waals surface area contributed by atoms with E-state index in [1.54, 1.807) is 0 Å². The second kappa shape index (κ2) is 8.96. The molecule has 1 heterocycles. The van der Waals surface area contributed by atoms with Gasteiger partial charge in [-0.3, -0.25) is 14.5 Å². The van der Waals surface area contributed by atoms with Gasteiger partial charge in [0.1, 0.15) is 0 Å². The lowest BCUT2D eigenvalue weighted by molar-refractivity contribution is -0.123. The average molecular weight is 416 g/mol. The van der Waals surface area contributed by atoms with Crippen LogP contribution in [0.2, 0.25) is 0 Å². The van der Waals surface area contributed by atoms with Crippen molar-refractivity contribution < 1.29 is 9.59 Å². The molecule has 26 heavy (non-hydrogen) atoms. The zero-order chi connectivity index (χ0) is 18.4. The molecular weight excluding hydrogens is 394 g/mol. The van der Waals surface area contributed by atoms with Crippen molar-refractivity contribution in [2.45, 2.75) is 12.8 Å². The van der Waals surface area contributed by atoms with Gasteiger partial charge in [-0.15, -0.1) is 0 Å². The van der Waals surface area contributed by atoms with Crippen LogP contribution in [0.1, 0.15) is 12.8 Å². The topological polar surface area (TPSA) is 61.4 Å². The maximum Gasteiger partial charge on any atom is 0.238 e. The molecule has 2 aromatic carbocycles. The molecule has 0 aromatic heterocycles. The molecule has 3 rings (SSSR count). The van der Waals surface area contributed by atoms with E-state index in [1.807, 2.05) is 59.5 Å². The summed E-state index contributed by atoms with van der Waals surface area (Å²) in [7, 11) is 0. The minimum absolute atomic E-state index is 0.0224. The van der Waals surface area contributed by atoms with E-state index in [9.17, 15) is 9.59 Å². The Kier molecular flexibility index (Phi) is 6.41. The summed E-state index contributed by atoms with van der Waals surface area (Å²) in [6.07, 6.45) is 1.77. The number of nitrogens with one attached hydrogen (secondary N) is 2. The van der Waals surface area contributed by atoms with Gasteiger partial charge in [0.15, 0.2) is 0 Å². The number of benzene rings is 2. The number of hydrogen-bond acceptors (Lipinski definition) is 3. The number of halogens is 1. The van der Waals surface area contributed by atoms with Gasteiger partial charge in [-0.25, -0.2) is 0 Å². The zero-order valence-corrected chi connectivity index (χ0v) is 16.0. The van der Waals surface area contributed by atoms with Crippen LogP contribution in [0.4, 0.5) is 11.4 Å². The molecular formula is C20H22BrN3O2. The lowest BCUT2D eigenvalue weighted by atomic mass is 9.97. The van der Waals surface area contributed by atoms with E-state index in [2.05, 4.69) is 26.6 Å². The first-order valence-electron chi connectivity index (χ1n) is 8.74. The molecule has 2 N–H and O–H groups in total. The van der Waals surface area contributed by atoms with E-state index in [0.29, 0.717) is 13.1 Å². The van der Waals surface area contributed by atoms with Crippen LogP contribution in [0.5, 0.6) is 0 Å². The van der Waals surface area contributed by atoms with Crippen molar-refractivity contribution in [2.24, 2.45) is 5.92 Å². The molecule has 0 bridgehead atoms. The standard InChI is InChI=1S/C20H22BrN3O2/c21-16-8-10-18(11-9-16)22-19(25)14-24-12-4-5-15(13-24)20(26)23-17-6-2-1-3-7-17/h1-3,6-11,15H,4-5,12-14H2,(H,22,25)(H,23,26). The Balaban J connectivity index is 1.50. The van der Waals surface area contributed by atoms with Crippen LogP contribution >= 0.6 is 15.9 Å². The molecule has 136 valence electrons. The second-order valence-corrected chi connectivity index (χ2v) is 7.40. The Hall–Kier alpha value is -2.18. The van der Waals surface area contributed by atoms with Crippen molar-refractivity contribution in [1.29, 1.82) is 0 Å². The molecule has 6 heteroatoms. The molecule has 1 aliphatic heterocycles. The fourth-order valence-corrected chi connectivity index (χ4v) is 3.38. The number of hydrogen-bond donors (Lipinski definition) is 2. The highest BCUT2D eigenvalue weighted by atomic mass is 79.9. The number of anilines is 2. The van der Waals surface area contributed by atoms with Crippen molar-refractivity contribution in [1.82, 2.24) is 4.90 Å². The van der Waals surface area contributed by atoms with Gasteiger partial charge >= 0.3 is 0 Å². The van der Waals surface area contributed by atoms with Crippen molar-refractivity contribution in [3.8, 4) is 0 Å². The number of amides is 2.